The highest BCUT2D eigenvalue weighted by atomic mass is 32.2. The summed E-state index contributed by atoms with van der Waals surface area (Å²) in [6.45, 7) is 4.47. The van der Waals surface area contributed by atoms with Crippen LogP contribution in [0, 0.1) is 17.0 Å². The van der Waals surface area contributed by atoms with Crippen LogP contribution in [-0.2, 0) is 10.0 Å². The van der Waals surface area contributed by atoms with E-state index in [0.29, 0.717) is 24.2 Å². The number of hydrogen-bond acceptors (Lipinski definition) is 5. The molecule has 0 spiro atoms. The smallest absolute Gasteiger partial charge is 0.270 e. The van der Waals surface area contributed by atoms with Crippen LogP contribution in [0.3, 0.4) is 0 Å². The van der Waals surface area contributed by atoms with E-state index in [1.165, 1.54) is 25.0 Å². The normalized spacial score (nSPS) is 25.7. The average Bonchev–Trinajstić information content (AvgIpc) is 3.23. The fourth-order valence-corrected chi connectivity index (χ4v) is 4.84. The van der Waals surface area contributed by atoms with Crippen molar-refractivity contribution in [3.63, 3.8) is 0 Å². The highest BCUT2D eigenvalue weighted by Gasteiger charge is 2.40. The summed E-state index contributed by atoms with van der Waals surface area (Å²) in [5.41, 5.74) is 0.295. The van der Waals surface area contributed by atoms with Gasteiger partial charge in [0.2, 0.25) is 10.0 Å². The van der Waals surface area contributed by atoms with Crippen LogP contribution in [0.4, 0.5) is 5.69 Å². The predicted molar refractivity (Wildman–Crippen MR) is 85.7 cm³/mol. The molecule has 1 aromatic carbocycles. The van der Waals surface area contributed by atoms with Gasteiger partial charge >= 0.3 is 0 Å². The molecule has 0 aromatic heterocycles. The molecule has 0 amide bonds. The van der Waals surface area contributed by atoms with Gasteiger partial charge in [0.15, 0.2) is 0 Å². The number of sulfonamides is 1. The molecular weight excluding hydrogens is 318 g/mol. The fourth-order valence-electron chi connectivity index (χ4n) is 3.33. The van der Waals surface area contributed by atoms with Crippen molar-refractivity contribution in [1.29, 1.82) is 0 Å². The Hall–Kier alpha value is -1.51. The van der Waals surface area contributed by atoms with E-state index in [1.54, 1.807) is 6.92 Å². The fraction of sp³-hybridized carbons (Fsp3) is 0.600. The molecule has 1 heterocycles. The van der Waals surface area contributed by atoms with Crippen molar-refractivity contribution in [2.75, 3.05) is 6.54 Å². The van der Waals surface area contributed by atoms with Crippen molar-refractivity contribution >= 4 is 15.7 Å². The Morgan fingerprint density at radius 2 is 2.04 bits per heavy atom. The number of nitro benzene ring substituents is 1. The van der Waals surface area contributed by atoms with Crippen LogP contribution >= 0.6 is 0 Å². The van der Waals surface area contributed by atoms with Gasteiger partial charge in [-0.1, -0.05) is 6.07 Å². The quantitative estimate of drug-likeness (QED) is 0.652. The first-order chi connectivity index (χ1) is 10.8. The number of rotatable bonds is 5. The van der Waals surface area contributed by atoms with Crippen LogP contribution in [-0.4, -0.2) is 42.9 Å². The Kier molecular flexibility index (Phi) is 4.16. The largest absolute Gasteiger partial charge is 0.296 e. The van der Waals surface area contributed by atoms with Crippen molar-refractivity contribution in [1.82, 2.24) is 9.62 Å². The first-order valence-electron chi connectivity index (χ1n) is 7.81. The lowest BCUT2D eigenvalue weighted by molar-refractivity contribution is -0.385. The van der Waals surface area contributed by atoms with E-state index in [0.717, 1.165) is 12.5 Å². The minimum absolute atomic E-state index is 0.00998. The SMILES string of the molecule is Cc1ccc([N+](=O)[O-])cc1S(=O)(=O)NC1CC(C)N(C2CC2)C1. The van der Waals surface area contributed by atoms with Crippen LogP contribution < -0.4 is 4.72 Å². The Morgan fingerprint density at radius 1 is 1.35 bits per heavy atom. The van der Waals surface area contributed by atoms with Gasteiger partial charge in [-0.05, 0) is 38.7 Å². The van der Waals surface area contributed by atoms with Crippen molar-refractivity contribution in [2.45, 2.75) is 56.1 Å². The van der Waals surface area contributed by atoms with Crippen molar-refractivity contribution in [2.24, 2.45) is 0 Å². The second-order valence-electron chi connectivity index (χ2n) is 6.54. The lowest BCUT2D eigenvalue weighted by Gasteiger charge is -2.19. The number of hydrogen-bond donors (Lipinski definition) is 1. The van der Waals surface area contributed by atoms with Gasteiger partial charge in [0.05, 0.1) is 9.82 Å². The van der Waals surface area contributed by atoms with Gasteiger partial charge in [-0.15, -0.1) is 0 Å². The topological polar surface area (TPSA) is 92.5 Å². The van der Waals surface area contributed by atoms with Gasteiger partial charge in [0.1, 0.15) is 0 Å². The van der Waals surface area contributed by atoms with Gasteiger partial charge in [-0.25, -0.2) is 13.1 Å². The van der Waals surface area contributed by atoms with Crippen molar-refractivity contribution < 1.29 is 13.3 Å². The molecule has 3 rings (SSSR count). The van der Waals surface area contributed by atoms with Crippen LogP contribution in [0.15, 0.2) is 23.1 Å². The van der Waals surface area contributed by atoms with Crippen molar-refractivity contribution in [3.8, 4) is 0 Å². The number of non-ortho nitro benzene ring substituents is 1. The Morgan fingerprint density at radius 3 is 2.65 bits per heavy atom. The summed E-state index contributed by atoms with van der Waals surface area (Å²) in [7, 11) is -3.76. The second-order valence-corrected chi connectivity index (χ2v) is 8.22. The monoisotopic (exact) mass is 339 g/mol. The van der Waals surface area contributed by atoms with Crippen LogP contribution in [0.1, 0.15) is 31.7 Å². The number of aryl methyl sites for hydroxylation is 1. The molecule has 1 N–H and O–H groups in total. The first-order valence-corrected chi connectivity index (χ1v) is 9.29. The summed E-state index contributed by atoms with van der Waals surface area (Å²) >= 11 is 0. The lowest BCUT2D eigenvalue weighted by atomic mass is 10.2. The number of nitrogens with one attached hydrogen (secondary N) is 1. The molecule has 1 saturated heterocycles. The van der Waals surface area contributed by atoms with Gasteiger partial charge in [0.25, 0.3) is 5.69 Å². The molecule has 8 heteroatoms. The zero-order chi connectivity index (χ0) is 16.8. The third-order valence-corrected chi connectivity index (χ3v) is 6.30. The summed E-state index contributed by atoms with van der Waals surface area (Å²) in [6, 6.07) is 4.74. The molecule has 1 aromatic rings. The summed E-state index contributed by atoms with van der Waals surface area (Å²) in [4.78, 5) is 12.7. The summed E-state index contributed by atoms with van der Waals surface area (Å²) in [6.07, 6.45) is 3.14. The molecular formula is C15H21N3O4S. The molecule has 2 aliphatic rings. The predicted octanol–water partition coefficient (Wildman–Crippen LogP) is 1.81. The maximum atomic E-state index is 12.6. The van der Waals surface area contributed by atoms with E-state index in [9.17, 15) is 18.5 Å². The zero-order valence-corrected chi connectivity index (χ0v) is 14.0. The minimum Gasteiger partial charge on any atom is -0.296 e. The number of likely N-dealkylation sites (tertiary alicyclic amines) is 1. The molecule has 0 bridgehead atoms. The molecule has 7 nitrogen and oxygen atoms in total. The standard InChI is InChI=1S/C15H21N3O4S/c1-10-3-4-14(18(19)20)8-15(10)23(21,22)16-12-7-11(2)17(9-12)13-5-6-13/h3-4,8,11-13,16H,5-7,9H2,1-2H3. The zero-order valence-electron chi connectivity index (χ0n) is 13.2. The van der Waals surface area contributed by atoms with E-state index < -0.39 is 14.9 Å². The molecule has 1 saturated carbocycles. The first kappa shape index (κ1) is 16.4. The molecule has 2 atom stereocenters. The maximum Gasteiger partial charge on any atom is 0.270 e. The van der Waals surface area contributed by atoms with Crippen LogP contribution in [0.5, 0.6) is 0 Å². The van der Waals surface area contributed by atoms with E-state index in [1.807, 2.05) is 0 Å². The second kappa shape index (κ2) is 5.85. The lowest BCUT2D eigenvalue weighted by Crippen LogP contribution is -2.37. The summed E-state index contributed by atoms with van der Waals surface area (Å²) in [5, 5.41) is 10.9. The molecule has 126 valence electrons. The van der Waals surface area contributed by atoms with E-state index in [4.69, 9.17) is 0 Å². The number of nitrogens with zero attached hydrogens (tertiary/aromatic N) is 2. The third-order valence-electron chi connectivity index (χ3n) is 4.63. The van der Waals surface area contributed by atoms with Gasteiger partial charge < -0.3 is 0 Å². The maximum absolute atomic E-state index is 12.6. The number of benzene rings is 1. The van der Waals surface area contributed by atoms with E-state index in [2.05, 4.69) is 16.5 Å². The van der Waals surface area contributed by atoms with E-state index in [-0.39, 0.29) is 16.6 Å². The van der Waals surface area contributed by atoms with Gasteiger partial charge in [-0.2, -0.15) is 0 Å². The molecule has 23 heavy (non-hydrogen) atoms. The highest BCUT2D eigenvalue weighted by Crippen LogP contribution is 2.33. The summed E-state index contributed by atoms with van der Waals surface area (Å²) in [5.74, 6) is 0. The third kappa shape index (κ3) is 3.39. The van der Waals surface area contributed by atoms with Crippen LogP contribution in [0.25, 0.3) is 0 Å². The Bertz CT molecular complexity index is 730. The average molecular weight is 339 g/mol. The molecule has 0 radical (unpaired) electrons. The molecule has 1 aliphatic heterocycles. The molecule has 2 fully saturated rings. The van der Waals surface area contributed by atoms with Crippen LogP contribution in [0.2, 0.25) is 0 Å². The van der Waals surface area contributed by atoms with Gasteiger partial charge in [-0.3, -0.25) is 15.0 Å². The Labute approximate surface area is 135 Å². The molecule has 2 unspecified atom stereocenters. The van der Waals surface area contributed by atoms with Gasteiger partial charge in [0, 0.05) is 36.8 Å². The molecule has 1 aliphatic carbocycles. The summed E-state index contributed by atoms with van der Waals surface area (Å²) < 4.78 is 28.0. The van der Waals surface area contributed by atoms with E-state index >= 15 is 0 Å². The minimum atomic E-state index is -3.76. The number of nitro groups is 1. The highest BCUT2D eigenvalue weighted by molar-refractivity contribution is 7.89. The van der Waals surface area contributed by atoms with Crippen molar-refractivity contribution in [3.05, 3.63) is 33.9 Å². The Balaban J connectivity index is 1.79.